The molecule has 3 aromatic carbocycles. The van der Waals surface area contributed by atoms with Crippen LogP contribution in [0.15, 0.2) is 108 Å². The Morgan fingerprint density at radius 3 is 2.32 bits per heavy atom. The van der Waals surface area contributed by atoms with Crippen LogP contribution in [0.4, 0.5) is 0 Å². The Bertz CT molecular complexity index is 1890. The van der Waals surface area contributed by atoms with Gasteiger partial charge in [-0.3, -0.25) is 0 Å². The summed E-state index contributed by atoms with van der Waals surface area (Å²) < 4.78 is 11.2. The minimum Gasteiger partial charge on any atom is -0.455 e. The number of para-hydroxylation sites is 1. The van der Waals surface area contributed by atoms with Crippen LogP contribution in [-0.2, 0) is 19.4 Å². The molecule has 0 radical (unpaired) electrons. The molecule has 0 saturated carbocycles. The molecule has 6 aromatic rings. The number of allylic oxidation sites excluding steroid dienone is 1. The van der Waals surface area contributed by atoms with E-state index in [9.17, 15) is 0 Å². The highest BCUT2D eigenvalue weighted by Gasteiger charge is 2.28. The lowest BCUT2D eigenvalue weighted by Crippen LogP contribution is -2.45. The number of hydrogen-bond acceptors (Lipinski definition) is 1. The molecule has 0 fully saturated rings. The van der Waals surface area contributed by atoms with Crippen molar-refractivity contribution in [2.45, 2.75) is 33.2 Å². The van der Waals surface area contributed by atoms with Gasteiger partial charge in [-0.25, -0.2) is 0 Å². The van der Waals surface area contributed by atoms with E-state index >= 15 is 0 Å². The van der Waals surface area contributed by atoms with Gasteiger partial charge >= 0.3 is 0 Å². The van der Waals surface area contributed by atoms with Crippen molar-refractivity contribution in [3.8, 4) is 22.5 Å². The summed E-state index contributed by atoms with van der Waals surface area (Å²) in [4.78, 5) is 0. The second kappa shape index (κ2) is 8.81. The Morgan fingerprint density at radius 1 is 0.684 bits per heavy atom. The summed E-state index contributed by atoms with van der Waals surface area (Å²) in [5.41, 5.74) is 12.7. The Kier molecular flexibility index (Phi) is 5.26. The highest BCUT2D eigenvalue weighted by molar-refractivity contribution is 6.09. The molecule has 184 valence electrons. The molecule has 0 spiro atoms. The maximum atomic E-state index is 6.59. The molecule has 0 aliphatic carbocycles. The fourth-order valence-corrected chi connectivity index (χ4v) is 5.96. The third kappa shape index (κ3) is 3.66. The predicted molar refractivity (Wildman–Crippen MR) is 154 cm³/mol. The minimum atomic E-state index is 0.663. The standard InChI is InChI=1S/C35H30N2O/c1-23-13-19-32-34-27(16-17-30-29-10-6-7-11-33(29)38-35(30)34)15-14-26-8-4-5-9-28(26)31-18-12-24(2)21-37(31)25(3)22-36(32)20-23/h4-13,16-21H,3,14-15,22H2,1-2H3/q+2. The molecule has 0 atom stereocenters. The third-order valence-electron chi connectivity index (χ3n) is 7.81. The van der Waals surface area contributed by atoms with E-state index < -0.39 is 0 Å². The quantitative estimate of drug-likeness (QED) is 0.202. The van der Waals surface area contributed by atoms with Gasteiger partial charge in [-0.2, -0.15) is 9.13 Å². The summed E-state index contributed by atoms with van der Waals surface area (Å²) in [6, 6.07) is 30.6. The minimum absolute atomic E-state index is 0.663. The van der Waals surface area contributed by atoms with E-state index in [4.69, 9.17) is 4.42 Å². The van der Waals surface area contributed by atoms with Crippen LogP contribution in [0.1, 0.15) is 22.3 Å². The van der Waals surface area contributed by atoms with Crippen molar-refractivity contribution in [3.05, 3.63) is 126 Å². The van der Waals surface area contributed by atoms with E-state index in [1.807, 2.05) is 6.07 Å². The molecular weight excluding hydrogens is 464 g/mol. The molecule has 7 rings (SSSR count). The topological polar surface area (TPSA) is 20.9 Å². The van der Waals surface area contributed by atoms with E-state index in [0.717, 1.165) is 46.2 Å². The van der Waals surface area contributed by atoms with Gasteiger partial charge in [-0.15, -0.1) is 0 Å². The molecule has 3 nitrogen and oxygen atoms in total. The zero-order chi connectivity index (χ0) is 25.8. The highest BCUT2D eigenvalue weighted by atomic mass is 16.3. The zero-order valence-corrected chi connectivity index (χ0v) is 21.9. The third-order valence-corrected chi connectivity index (χ3v) is 7.81. The van der Waals surface area contributed by atoms with Gasteiger partial charge in [0.2, 0.25) is 23.6 Å². The SMILES string of the molecule is C=C1C[n+]2cc(C)ccc2-c2c(ccc3c2oc2ccccc23)CCc2ccccc2-c2ccc(C)c[n+]21. The van der Waals surface area contributed by atoms with E-state index in [0.29, 0.717) is 6.54 Å². The summed E-state index contributed by atoms with van der Waals surface area (Å²) >= 11 is 0. The summed E-state index contributed by atoms with van der Waals surface area (Å²) in [5.74, 6) is 0. The molecule has 0 bridgehead atoms. The Hall–Kier alpha value is -4.50. The molecule has 0 saturated heterocycles. The average molecular weight is 495 g/mol. The van der Waals surface area contributed by atoms with Crippen molar-refractivity contribution >= 4 is 27.6 Å². The van der Waals surface area contributed by atoms with E-state index in [1.165, 1.54) is 39.1 Å². The van der Waals surface area contributed by atoms with Crippen molar-refractivity contribution in [1.29, 1.82) is 0 Å². The zero-order valence-electron chi connectivity index (χ0n) is 21.9. The molecule has 38 heavy (non-hydrogen) atoms. The van der Waals surface area contributed by atoms with Gasteiger partial charge in [-0.05, 0) is 68.7 Å². The van der Waals surface area contributed by atoms with Crippen molar-refractivity contribution in [3.63, 3.8) is 0 Å². The molecule has 0 N–H and O–H groups in total. The number of aromatic nitrogens is 2. The number of fused-ring (bicyclic) bond motifs is 10. The molecule has 4 heterocycles. The van der Waals surface area contributed by atoms with E-state index in [2.05, 4.69) is 121 Å². The smallest absolute Gasteiger partial charge is 0.246 e. The normalized spacial score (nSPS) is 13.3. The Labute approximate surface area is 222 Å². The molecule has 1 aliphatic rings. The summed E-state index contributed by atoms with van der Waals surface area (Å²) in [6.45, 7) is 9.55. The van der Waals surface area contributed by atoms with Crippen LogP contribution in [0, 0.1) is 13.8 Å². The van der Waals surface area contributed by atoms with Crippen LogP contribution in [0.3, 0.4) is 0 Å². The number of nitrogens with zero attached hydrogens (tertiary/aromatic N) is 2. The summed E-state index contributed by atoms with van der Waals surface area (Å²) in [6.07, 6.45) is 6.30. The average Bonchev–Trinajstić information content (AvgIpc) is 3.30. The molecule has 0 amide bonds. The highest BCUT2D eigenvalue weighted by Crippen LogP contribution is 2.38. The molecule has 3 heteroatoms. The van der Waals surface area contributed by atoms with Crippen molar-refractivity contribution in [2.75, 3.05) is 0 Å². The summed E-state index contributed by atoms with van der Waals surface area (Å²) in [5, 5.41) is 2.32. The van der Waals surface area contributed by atoms with Crippen LogP contribution in [0.5, 0.6) is 0 Å². The van der Waals surface area contributed by atoms with Gasteiger partial charge in [0.15, 0.2) is 12.4 Å². The lowest BCUT2D eigenvalue weighted by Gasteiger charge is -2.15. The first-order valence-electron chi connectivity index (χ1n) is 13.3. The second-order valence-electron chi connectivity index (χ2n) is 10.5. The summed E-state index contributed by atoms with van der Waals surface area (Å²) in [7, 11) is 0. The fraction of sp³-hybridized carbons (Fsp3) is 0.143. The van der Waals surface area contributed by atoms with E-state index in [-0.39, 0.29) is 0 Å². The number of pyridine rings is 2. The largest absolute Gasteiger partial charge is 0.455 e. The van der Waals surface area contributed by atoms with Gasteiger partial charge in [0, 0.05) is 39.6 Å². The number of benzene rings is 3. The van der Waals surface area contributed by atoms with Gasteiger partial charge in [0.05, 0.1) is 5.56 Å². The van der Waals surface area contributed by atoms with Crippen LogP contribution < -0.4 is 9.13 Å². The molecular formula is C35H30N2O+2. The first-order valence-corrected chi connectivity index (χ1v) is 13.3. The van der Waals surface area contributed by atoms with Gasteiger partial charge in [-0.1, -0.05) is 48.5 Å². The molecule has 3 aromatic heterocycles. The first-order chi connectivity index (χ1) is 18.6. The van der Waals surface area contributed by atoms with Crippen molar-refractivity contribution in [1.82, 2.24) is 0 Å². The first kappa shape index (κ1) is 22.7. The second-order valence-corrected chi connectivity index (χ2v) is 10.5. The van der Waals surface area contributed by atoms with Gasteiger partial charge < -0.3 is 4.42 Å². The fourth-order valence-electron chi connectivity index (χ4n) is 5.96. The maximum absolute atomic E-state index is 6.59. The molecule has 0 unspecified atom stereocenters. The number of aryl methyl sites for hydroxylation is 4. The number of hydrogen-bond donors (Lipinski definition) is 0. The predicted octanol–water partition coefficient (Wildman–Crippen LogP) is 7.38. The van der Waals surface area contributed by atoms with E-state index in [1.54, 1.807) is 0 Å². The monoisotopic (exact) mass is 494 g/mol. The van der Waals surface area contributed by atoms with Crippen LogP contribution in [0.2, 0.25) is 0 Å². The Balaban J connectivity index is 1.54. The van der Waals surface area contributed by atoms with Crippen molar-refractivity contribution in [2.24, 2.45) is 0 Å². The van der Waals surface area contributed by atoms with Crippen molar-refractivity contribution < 1.29 is 13.6 Å². The molecule has 1 aliphatic heterocycles. The van der Waals surface area contributed by atoms with Crippen LogP contribution in [0.25, 0.3) is 50.2 Å². The van der Waals surface area contributed by atoms with Crippen LogP contribution in [-0.4, -0.2) is 0 Å². The maximum Gasteiger partial charge on any atom is 0.246 e. The number of rotatable bonds is 0. The lowest BCUT2D eigenvalue weighted by molar-refractivity contribution is -0.698. The van der Waals surface area contributed by atoms with Gasteiger partial charge in [0.1, 0.15) is 11.2 Å². The number of furan rings is 1. The van der Waals surface area contributed by atoms with Crippen LogP contribution >= 0.6 is 0 Å². The van der Waals surface area contributed by atoms with Gasteiger partial charge in [0.25, 0.3) is 0 Å². The Morgan fingerprint density at radius 2 is 1.42 bits per heavy atom. The lowest BCUT2D eigenvalue weighted by atomic mass is 9.92.